The van der Waals surface area contributed by atoms with Gasteiger partial charge in [0.05, 0.1) is 35.2 Å². The van der Waals surface area contributed by atoms with Crippen LogP contribution in [0, 0.1) is 17.1 Å². The number of halogens is 4. The highest BCUT2D eigenvalue weighted by molar-refractivity contribution is 6.31. The molecule has 3 aromatic rings. The van der Waals surface area contributed by atoms with Crippen molar-refractivity contribution < 1.29 is 9.18 Å². The van der Waals surface area contributed by atoms with Crippen LogP contribution in [0.5, 0.6) is 0 Å². The summed E-state index contributed by atoms with van der Waals surface area (Å²) in [5, 5.41) is 8.93. The van der Waals surface area contributed by atoms with E-state index in [1.54, 1.807) is 35.6 Å². The van der Waals surface area contributed by atoms with Crippen LogP contribution in [0.3, 0.4) is 0 Å². The van der Waals surface area contributed by atoms with Crippen molar-refractivity contribution in [2.75, 3.05) is 24.5 Å². The maximum absolute atomic E-state index is 13.4. The van der Waals surface area contributed by atoms with Crippen LogP contribution in [0.2, 0.25) is 5.02 Å². The highest BCUT2D eigenvalue weighted by Gasteiger charge is 2.26. The number of aromatic nitrogens is 2. The molecular weight excluding hydrogens is 476 g/mol. The zero-order chi connectivity index (χ0) is 21.1. The SMILES string of the molecule is Cl.Cl.N#Cc1ccc(Cn2cncc2CN2CCN(c3ccc(F)c(Cl)c3)C(=O)C2)cc1. The number of carbonyl (C=O) groups is 1. The first kappa shape index (κ1) is 25.6. The Morgan fingerprint density at radius 2 is 1.84 bits per heavy atom. The van der Waals surface area contributed by atoms with Gasteiger partial charge in [-0.25, -0.2) is 9.37 Å². The fraction of sp³-hybridized carbons (Fsp3) is 0.227. The quantitative estimate of drug-likeness (QED) is 0.529. The summed E-state index contributed by atoms with van der Waals surface area (Å²) in [6.07, 6.45) is 3.58. The van der Waals surface area contributed by atoms with Gasteiger partial charge >= 0.3 is 0 Å². The minimum Gasteiger partial charge on any atom is -0.329 e. The van der Waals surface area contributed by atoms with Crippen molar-refractivity contribution >= 4 is 48.0 Å². The average Bonchev–Trinajstić information content (AvgIpc) is 3.17. The molecule has 0 spiro atoms. The lowest BCUT2D eigenvalue weighted by atomic mass is 10.1. The lowest BCUT2D eigenvalue weighted by Crippen LogP contribution is -2.50. The van der Waals surface area contributed by atoms with E-state index in [2.05, 4.69) is 16.0 Å². The molecule has 1 aliphatic heterocycles. The second-order valence-electron chi connectivity index (χ2n) is 7.18. The second kappa shape index (κ2) is 11.3. The zero-order valence-corrected chi connectivity index (χ0v) is 19.3. The number of nitriles is 1. The Balaban J connectivity index is 0.00000181. The number of piperazine rings is 1. The van der Waals surface area contributed by atoms with Gasteiger partial charge in [0.1, 0.15) is 5.82 Å². The fourth-order valence-corrected chi connectivity index (χ4v) is 3.69. The summed E-state index contributed by atoms with van der Waals surface area (Å²) in [4.78, 5) is 20.6. The van der Waals surface area contributed by atoms with Crippen LogP contribution < -0.4 is 4.90 Å². The summed E-state index contributed by atoms with van der Waals surface area (Å²) in [6, 6.07) is 13.9. The van der Waals surface area contributed by atoms with E-state index in [4.69, 9.17) is 16.9 Å². The van der Waals surface area contributed by atoms with Crippen molar-refractivity contribution in [3.05, 3.63) is 82.6 Å². The van der Waals surface area contributed by atoms with E-state index >= 15 is 0 Å². The normalized spacial score (nSPS) is 13.8. The molecule has 10 heteroatoms. The Bertz CT molecular complexity index is 1110. The second-order valence-corrected chi connectivity index (χ2v) is 7.58. The van der Waals surface area contributed by atoms with Crippen LogP contribution in [-0.2, 0) is 17.9 Å². The van der Waals surface area contributed by atoms with Crippen LogP contribution in [0.25, 0.3) is 0 Å². The van der Waals surface area contributed by atoms with Gasteiger partial charge in [0.15, 0.2) is 0 Å². The first-order valence-corrected chi connectivity index (χ1v) is 9.87. The molecule has 0 atom stereocenters. The molecule has 6 nitrogen and oxygen atoms in total. The van der Waals surface area contributed by atoms with Crippen molar-refractivity contribution in [1.82, 2.24) is 14.5 Å². The first-order chi connectivity index (χ1) is 14.5. The van der Waals surface area contributed by atoms with Gasteiger partial charge in [-0.15, -0.1) is 24.8 Å². The van der Waals surface area contributed by atoms with Crippen molar-refractivity contribution in [3.8, 4) is 6.07 Å². The van der Waals surface area contributed by atoms with Gasteiger partial charge in [0.25, 0.3) is 0 Å². The number of amides is 1. The van der Waals surface area contributed by atoms with Gasteiger partial charge < -0.3 is 9.47 Å². The van der Waals surface area contributed by atoms with Gasteiger partial charge in [-0.3, -0.25) is 9.69 Å². The number of nitrogens with zero attached hydrogens (tertiary/aromatic N) is 5. The fourth-order valence-electron chi connectivity index (χ4n) is 3.52. The lowest BCUT2D eigenvalue weighted by Gasteiger charge is -2.34. The molecule has 4 rings (SSSR count). The van der Waals surface area contributed by atoms with E-state index in [-0.39, 0.29) is 42.3 Å². The van der Waals surface area contributed by atoms with Gasteiger partial charge in [-0.05, 0) is 35.9 Å². The minimum absolute atomic E-state index is 0. The van der Waals surface area contributed by atoms with E-state index in [1.807, 2.05) is 16.7 Å². The Morgan fingerprint density at radius 1 is 1.09 bits per heavy atom. The third-order valence-corrected chi connectivity index (χ3v) is 5.42. The molecule has 2 aromatic carbocycles. The number of hydrogen-bond acceptors (Lipinski definition) is 4. The lowest BCUT2D eigenvalue weighted by molar-refractivity contribution is -0.121. The summed E-state index contributed by atoms with van der Waals surface area (Å²) >= 11 is 5.86. The third-order valence-electron chi connectivity index (χ3n) is 5.13. The Morgan fingerprint density at radius 3 is 2.50 bits per heavy atom. The number of anilines is 1. The van der Waals surface area contributed by atoms with Crippen molar-refractivity contribution in [2.24, 2.45) is 0 Å². The predicted molar refractivity (Wildman–Crippen MR) is 126 cm³/mol. The molecule has 0 aliphatic carbocycles. The van der Waals surface area contributed by atoms with Gasteiger partial charge in [0, 0.05) is 38.1 Å². The summed E-state index contributed by atoms with van der Waals surface area (Å²) < 4.78 is 15.4. The molecular formula is C22H21Cl3FN5O. The maximum atomic E-state index is 13.4. The van der Waals surface area contributed by atoms with Crippen molar-refractivity contribution in [2.45, 2.75) is 13.1 Å². The monoisotopic (exact) mass is 495 g/mol. The molecule has 0 bridgehead atoms. The molecule has 2 heterocycles. The summed E-state index contributed by atoms with van der Waals surface area (Å²) in [5.41, 5.74) is 3.31. The van der Waals surface area contributed by atoms with Crippen LogP contribution in [0.15, 0.2) is 55.0 Å². The molecule has 1 amide bonds. The Labute approximate surface area is 203 Å². The summed E-state index contributed by atoms with van der Waals surface area (Å²) in [5.74, 6) is -0.552. The van der Waals surface area contributed by atoms with E-state index in [9.17, 15) is 9.18 Å². The number of carbonyl (C=O) groups excluding carboxylic acids is 1. The highest BCUT2D eigenvalue weighted by Crippen LogP contribution is 2.24. The maximum Gasteiger partial charge on any atom is 0.241 e. The third kappa shape index (κ3) is 5.78. The minimum atomic E-state index is -0.498. The molecule has 0 unspecified atom stereocenters. The summed E-state index contributed by atoms with van der Waals surface area (Å²) in [6.45, 7) is 2.69. The van der Waals surface area contributed by atoms with Crippen LogP contribution in [-0.4, -0.2) is 40.0 Å². The molecule has 32 heavy (non-hydrogen) atoms. The van der Waals surface area contributed by atoms with Crippen molar-refractivity contribution in [3.63, 3.8) is 0 Å². The van der Waals surface area contributed by atoms with Gasteiger partial charge in [0.2, 0.25) is 5.91 Å². The van der Waals surface area contributed by atoms with Crippen LogP contribution in [0.1, 0.15) is 16.8 Å². The predicted octanol–water partition coefficient (Wildman–Crippen LogP) is 4.29. The molecule has 168 valence electrons. The number of rotatable bonds is 5. The molecule has 0 saturated carbocycles. The number of imidazole rings is 1. The number of hydrogen-bond donors (Lipinski definition) is 0. The summed E-state index contributed by atoms with van der Waals surface area (Å²) in [7, 11) is 0. The smallest absolute Gasteiger partial charge is 0.241 e. The van der Waals surface area contributed by atoms with E-state index in [0.717, 1.165) is 11.3 Å². The van der Waals surface area contributed by atoms with E-state index in [0.29, 0.717) is 37.4 Å². The topological polar surface area (TPSA) is 65.2 Å². The molecule has 1 aromatic heterocycles. The van der Waals surface area contributed by atoms with Gasteiger partial charge in [-0.1, -0.05) is 23.7 Å². The average molecular weight is 497 g/mol. The largest absolute Gasteiger partial charge is 0.329 e. The Kier molecular flexibility index (Phi) is 9.05. The van der Waals surface area contributed by atoms with Gasteiger partial charge in [-0.2, -0.15) is 5.26 Å². The molecule has 0 radical (unpaired) electrons. The molecule has 0 N–H and O–H groups in total. The molecule has 1 fully saturated rings. The first-order valence-electron chi connectivity index (χ1n) is 9.49. The molecule has 1 saturated heterocycles. The standard InChI is InChI=1S/C22H19ClFN5O.2ClH/c23-20-9-18(5-6-21(20)24)29-8-7-27(14-22(29)30)13-19-11-26-15-28(19)12-17-3-1-16(10-25)2-4-17;;/h1-6,9,11,15H,7-8,12-14H2;2*1H. The zero-order valence-electron chi connectivity index (χ0n) is 16.9. The van der Waals surface area contributed by atoms with Crippen LogP contribution >= 0.6 is 36.4 Å². The Hall–Kier alpha value is -2.63. The van der Waals surface area contributed by atoms with E-state index < -0.39 is 5.82 Å². The van der Waals surface area contributed by atoms with E-state index in [1.165, 1.54) is 12.1 Å². The van der Waals surface area contributed by atoms with Crippen LogP contribution in [0.4, 0.5) is 10.1 Å². The number of benzene rings is 2. The highest BCUT2D eigenvalue weighted by atomic mass is 35.5. The molecule has 1 aliphatic rings. The van der Waals surface area contributed by atoms with Crippen molar-refractivity contribution in [1.29, 1.82) is 5.26 Å².